The molecule has 0 spiro atoms. The van der Waals surface area contributed by atoms with Crippen LogP contribution in [0.3, 0.4) is 0 Å². The van der Waals surface area contributed by atoms with Gasteiger partial charge in [-0.1, -0.05) is 32.8 Å². The van der Waals surface area contributed by atoms with Gasteiger partial charge in [0.1, 0.15) is 0 Å². The molecule has 0 rings (SSSR count). The van der Waals surface area contributed by atoms with Gasteiger partial charge in [0.15, 0.2) is 0 Å². The minimum atomic E-state index is 0.236. The highest BCUT2D eigenvalue weighted by molar-refractivity contribution is 4.76. The molecule has 0 saturated heterocycles. The van der Waals surface area contributed by atoms with Gasteiger partial charge in [-0.15, -0.1) is 0 Å². The summed E-state index contributed by atoms with van der Waals surface area (Å²) in [5, 5.41) is 3.48. The molecule has 1 N–H and O–H groups in total. The topological polar surface area (TPSA) is 21.3 Å². The van der Waals surface area contributed by atoms with Crippen molar-refractivity contribution in [3.63, 3.8) is 0 Å². The molecule has 0 aromatic rings. The Morgan fingerprint density at radius 1 is 1.36 bits per heavy atom. The van der Waals surface area contributed by atoms with E-state index in [-0.39, 0.29) is 5.54 Å². The predicted molar refractivity (Wildman–Crippen MR) is 62.4 cm³/mol. The van der Waals surface area contributed by atoms with E-state index in [0.29, 0.717) is 6.61 Å². The third-order valence-electron chi connectivity index (χ3n) is 2.35. The van der Waals surface area contributed by atoms with Crippen molar-refractivity contribution in [1.29, 1.82) is 0 Å². The van der Waals surface area contributed by atoms with Crippen LogP contribution in [-0.4, -0.2) is 18.7 Å². The molecule has 0 heterocycles. The SMILES string of the molecule is C=COCCNC(C)(C)CCCCC. The van der Waals surface area contributed by atoms with Gasteiger partial charge in [0.2, 0.25) is 0 Å². The van der Waals surface area contributed by atoms with E-state index in [9.17, 15) is 0 Å². The summed E-state index contributed by atoms with van der Waals surface area (Å²) in [4.78, 5) is 0. The lowest BCUT2D eigenvalue weighted by molar-refractivity contribution is 0.228. The van der Waals surface area contributed by atoms with Gasteiger partial charge in [-0.3, -0.25) is 0 Å². The van der Waals surface area contributed by atoms with Crippen LogP contribution in [0, 0.1) is 0 Å². The largest absolute Gasteiger partial charge is 0.500 e. The molecule has 0 fully saturated rings. The van der Waals surface area contributed by atoms with Crippen LogP contribution in [0.1, 0.15) is 46.5 Å². The van der Waals surface area contributed by atoms with Gasteiger partial charge >= 0.3 is 0 Å². The van der Waals surface area contributed by atoms with E-state index in [0.717, 1.165) is 6.54 Å². The van der Waals surface area contributed by atoms with Crippen molar-refractivity contribution in [2.45, 2.75) is 52.0 Å². The van der Waals surface area contributed by atoms with Gasteiger partial charge in [-0.05, 0) is 20.3 Å². The third kappa shape index (κ3) is 8.11. The summed E-state index contributed by atoms with van der Waals surface area (Å²) in [6, 6.07) is 0. The lowest BCUT2D eigenvalue weighted by atomic mass is 9.97. The molecular formula is C12H25NO. The molecule has 0 atom stereocenters. The van der Waals surface area contributed by atoms with E-state index < -0.39 is 0 Å². The molecular weight excluding hydrogens is 174 g/mol. The molecule has 2 heteroatoms. The highest BCUT2D eigenvalue weighted by Gasteiger charge is 2.15. The van der Waals surface area contributed by atoms with Gasteiger partial charge in [0, 0.05) is 12.1 Å². The van der Waals surface area contributed by atoms with Crippen LogP contribution in [0.5, 0.6) is 0 Å². The van der Waals surface area contributed by atoms with Crippen LogP contribution in [-0.2, 0) is 4.74 Å². The molecule has 0 aromatic carbocycles. The Hall–Kier alpha value is -0.500. The van der Waals surface area contributed by atoms with E-state index in [1.54, 1.807) is 0 Å². The van der Waals surface area contributed by atoms with Gasteiger partial charge in [-0.2, -0.15) is 0 Å². The summed E-state index contributed by atoms with van der Waals surface area (Å²) in [6.07, 6.45) is 6.64. The lowest BCUT2D eigenvalue weighted by Crippen LogP contribution is -2.40. The molecule has 0 amide bonds. The molecule has 0 aliphatic carbocycles. The smallest absolute Gasteiger partial charge is 0.0997 e. The number of rotatable bonds is 9. The maximum absolute atomic E-state index is 5.06. The van der Waals surface area contributed by atoms with Crippen molar-refractivity contribution in [3.8, 4) is 0 Å². The van der Waals surface area contributed by atoms with Crippen LogP contribution in [0.2, 0.25) is 0 Å². The predicted octanol–water partition coefficient (Wildman–Crippen LogP) is 3.10. The maximum Gasteiger partial charge on any atom is 0.0997 e. The van der Waals surface area contributed by atoms with Crippen molar-refractivity contribution in [1.82, 2.24) is 5.32 Å². The first-order valence-electron chi connectivity index (χ1n) is 5.60. The number of hydrogen-bond donors (Lipinski definition) is 1. The van der Waals surface area contributed by atoms with E-state index in [4.69, 9.17) is 4.74 Å². The average Bonchev–Trinajstić information content (AvgIpc) is 2.13. The quantitative estimate of drug-likeness (QED) is 0.455. The first kappa shape index (κ1) is 13.5. The first-order valence-corrected chi connectivity index (χ1v) is 5.60. The molecule has 0 saturated carbocycles. The molecule has 14 heavy (non-hydrogen) atoms. The normalized spacial score (nSPS) is 11.4. The monoisotopic (exact) mass is 199 g/mol. The zero-order valence-corrected chi connectivity index (χ0v) is 9.94. The average molecular weight is 199 g/mol. The Balaban J connectivity index is 3.45. The number of ether oxygens (including phenoxy) is 1. The second kappa shape index (κ2) is 7.86. The van der Waals surface area contributed by atoms with Gasteiger partial charge in [0.25, 0.3) is 0 Å². The van der Waals surface area contributed by atoms with E-state index in [1.807, 2.05) is 0 Å². The minimum absolute atomic E-state index is 0.236. The summed E-state index contributed by atoms with van der Waals surface area (Å²) < 4.78 is 5.06. The Morgan fingerprint density at radius 2 is 2.07 bits per heavy atom. The maximum atomic E-state index is 5.06. The standard InChI is InChI=1S/C12H25NO/c1-5-7-8-9-12(3,4)13-10-11-14-6-2/h6,13H,2,5,7-11H2,1,3-4H3. The van der Waals surface area contributed by atoms with E-state index >= 15 is 0 Å². The van der Waals surface area contributed by atoms with Crippen molar-refractivity contribution < 1.29 is 4.74 Å². The molecule has 0 bridgehead atoms. The second-order valence-corrected chi connectivity index (χ2v) is 4.31. The van der Waals surface area contributed by atoms with Crippen LogP contribution >= 0.6 is 0 Å². The molecule has 0 radical (unpaired) electrons. The van der Waals surface area contributed by atoms with Gasteiger partial charge in [0.05, 0.1) is 12.9 Å². The second-order valence-electron chi connectivity index (χ2n) is 4.31. The summed E-state index contributed by atoms with van der Waals surface area (Å²) in [5.74, 6) is 0. The van der Waals surface area contributed by atoms with Crippen LogP contribution in [0.4, 0.5) is 0 Å². The third-order valence-corrected chi connectivity index (χ3v) is 2.35. The van der Waals surface area contributed by atoms with E-state index in [1.165, 1.54) is 31.9 Å². The summed E-state index contributed by atoms with van der Waals surface area (Å²) in [5.41, 5.74) is 0.236. The molecule has 2 nitrogen and oxygen atoms in total. The zero-order chi connectivity index (χ0) is 10.9. The Labute approximate surface area is 88.7 Å². The summed E-state index contributed by atoms with van der Waals surface area (Å²) >= 11 is 0. The van der Waals surface area contributed by atoms with Crippen LogP contribution in [0.25, 0.3) is 0 Å². The van der Waals surface area contributed by atoms with Crippen LogP contribution in [0.15, 0.2) is 12.8 Å². The summed E-state index contributed by atoms with van der Waals surface area (Å²) in [7, 11) is 0. The summed E-state index contributed by atoms with van der Waals surface area (Å²) in [6.45, 7) is 11.8. The fraction of sp³-hybridized carbons (Fsp3) is 0.833. The Bertz CT molecular complexity index is 143. The van der Waals surface area contributed by atoms with Crippen molar-refractivity contribution in [3.05, 3.63) is 12.8 Å². The molecule has 0 unspecified atom stereocenters. The molecule has 0 aliphatic rings. The van der Waals surface area contributed by atoms with Crippen molar-refractivity contribution >= 4 is 0 Å². The first-order chi connectivity index (χ1) is 6.62. The molecule has 84 valence electrons. The Kier molecular flexibility index (Phi) is 7.58. The highest BCUT2D eigenvalue weighted by atomic mass is 16.5. The highest BCUT2D eigenvalue weighted by Crippen LogP contribution is 2.13. The number of unbranched alkanes of at least 4 members (excludes halogenated alkanes) is 2. The van der Waals surface area contributed by atoms with Crippen LogP contribution < -0.4 is 5.32 Å². The van der Waals surface area contributed by atoms with Crippen molar-refractivity contribution in [2.24, 2.45) is 0 Å². The fourth-order valence-corrected chi connectivity index (χ4v) is 1.44. The molecule has 0 aromatic heterocycles. The fourth-order valence-electron chi connectivity index (χ4n) is 1.44. The van der Waals surface area contributed by atoms with Gasteiger partial charge < -0.3 is 10.1 Å². The van der Waals surface area contributed by atoms with E-state index in [2.05, 4.69) is 32.7 Å². The van der Waals surface area contributed by atoms with Gasteiger partial charge in [-0.25, -0.2) is 0 Å². The Morgan fingerprint density at radius 3 is 2.64 bits per heavy atom. The number of hydrogen-bond acceptors (Lipinski definition) is 2. The number of nitrogens with one attached hydrogen (secondary N) is 1. The van der Waals surface area contributed by atoms with Crippen molar-refractivity contribution in [2.75, 3.05) is 13.2 Å². The minimum Gasteiger partial charge on any atom is -0.500 e. The lowest BCUT2D eigenvalue weighted by Gasteiger charge is -2.26. The zero-order valence-electron chi connectivity index (χ0n) is 9.94. The molecule has 0 aliphatic heterocycles.